The van der Waals surface area contributed by atoms with E-state index in [1.807, 2.05) is 4.90 Å². The summed E-state index contributed by atoms with van der Waals surface area (Å²) in [7, 11) is 0. The molecule has 1 amide bonds. The van der Waals surface area contributed by atoms with Gasteiger partial charge in [0.2, 0.25) is 5.91 Å². The Balaban J connectivity index is 0.00000364. The van der Waals surface area contributed by atoms with Crippen LogP contribution in [0, 0.1) is 0 Å². The maximum absolute atomic E-state index is 12.8. The van der Waals surface area contributed by atoms with E-state index in [0.29, 0.717) is 51.3 Å². The van der Waals surface area contributed by atoms with Crippen LogP contribution in [0.25, 0.3) is 0 Å². The molecule has 1 saturated heterocycles. The van der Waals surface area contributed by atoms with Crippen molar-refractivity contribution in [3.8, 4) is 0 Å². The molecule has 9 heteroatoms. The van der Waals surface area contributed by atoms with Crippen molar-refractivity contribution in [1.29, 1.82) is 0 Å². The van der Waals surface area contributed by atoms with Crippen LogP contribution in [-0.4, -0.2) is 48.4 Å². The first-order valence-electron chi connectivity index (χ1n) is 9.26. The van der Waals surface area contributed by atoms with Gasteiger partial charge in [-0.3, -0.25) is 9.69 Å². The monoisotopic (exact) mass is 443 g/mol. The van der Waals surface area contributed by atoms with Gasteiger partial charge in [-0.2, -0.15) is 13.2 Å². The van der Waals surface area contributed by atoms with Gasteiger partial charge in [0.05, 0.1) is 5.56 Å². The number of carbonyl (C=O) groups is 1. The Kier molecular flexibility index (Phi) is 12.8. The largest absolute Gasteiger partial charge is 0.416 e. The molecule has 1 aliphatic heterocycles. The van der Waals surface area contributed by atoms with Gasteiger partial charge in [0.1, 0.15) is 0 Å². The van der Waals surface area contributed by atoms with Crippen LogP contribution in [0.2, 0.25) is 0 Å². The molecule has 1 aliphatic rings. The minimum Gasteiger partial charge on any atom is -0.340 e. The molecule has 1 fully saturated rings. The van der Waals surface area contributed by atoms with Crippen molar-refractivity contribution in [2.75, 3.05) is 32.7 Å². The average molecular weight is 444 g/mol. The lowest BCUT2D eigenvalue weighted by molar-refractivity contribution is -0.137. The highest BCUT2D eigenvalue weighted by atomic mass is 35.5. The molecule has 0 aliphatic carbocycles. The van der Waals surface area contributed by atoms with E-state index in [1.54, 1.807) is 6.07 Å². The summed E-state index contributed by atoms with van der Waals surface area (Å²) in [4.78, 5) is 16.2. The normalized spacial score (nSPS) is 14.9. The lowest BCUT2D eigenvalue weighted by Crippen LogP contribution is -2.48. The molecular formula is C19H30Cl2F3N3O. The second kappa shape index (κ2) is 13.2. The van der Waals surface area contributed by atoms with Crippen LogP contribution >= 0.6 is 24.8 Å². The fourth-order valence-electron chi connectivity index (χ4n) is 3.19. The van der Waals surface area contributed by atoms with E-state index in [-0.39, 0.29) is 30.7 Å². The number of carbonyl (C=O) groups excluding carboxylic acids is 1. The molecule has 0 spiro atoms. The summed E-state index contributed by atoms with van der Waals surface area (Å²) in [6.45, 7) is 3.83. The van der Waals surface area contributed by atoms with Crippen LogP contribution in [0.4, 0.5) is 13.2 Å². The van der Waals surface area contributed by atoms with Crippen LogP contribution in [0.5, 0.6) is 0 Å². The van der Waals surface area contributed by atoms with Crippen molar-refractivity contribution >= 4 is 30.7 Å². The Morgan fingerprint density at radius 1 is 1.00 bits per heavy atom. The third-order valence-electron chi connectivity index (χ3n) is 4.73. The minimum absolute atomic E-state index is 0. The van der Waals surface area contributed by atoms with E-state index in [1.165, 1.54) is 12.1 Å². The Labute approximate surface area is 177 Å². The highest BCUT2D eigenvalue weighted by molar-refractivity contribution is 5.85. The van der Waals surface area contributed by atoms with Gasteiger partial charge in [-0.1, -0.05) is 31.0 Å². The van der Waals surface area contributed by atoms with Gasteiger partial charge in [-0.05, 0) is 31.0 Å². The predicted octanol–water partition coefficient (Wildman–Crippen LogP) is 4.10. The number of halogens is 5. The summed E-state index contributed by atoms with van der Waals surface area (Å²) in [5.41, 5.74) is 5.49. The number of hydrogen-bond donors (Lipinski definition) is 1. The number of piperazine rings is 1. The predicted molar refractivity (Wildman–Crippen MR) is 110 cm³/mol. The molecule has 0 bridgehead atoms. The maximum Gasteiger partial charge on any atom is 0.416 e. The lowest BCUT2D eigenvalue weighted by Gasteiger charge is -2.35. The fraction of sp³-hybridized carbons (Fsp3) is 0.632. The van der Waals surface area contributed by atoms with E-state index < -0.39 is 11.7 Å². The Morgan fingerprint density at radius 2 is 1.64 bits per heavy atom. The first-order chi connectivity index (χ1) is 12.4. The van der Waals surface area contributed by atoms with E-state index in [2.05, 4.69) is 4.90 Å². The number of nitrogens with zero attached hydrogens (tertiary/aromatic N) is 2. The van der Waals surface area contributed by atoms with Crippen LogP contribution in [0.15, 0.2) is 24.3 Å². The van der Waals surface area contributed by atoms with Crippen molar-refractivity contribution in [2.24, 2.45) is 5.73 Å². The van der Waals surface area contributed by atoms with E-state index in [9.17, 15) is 18.0 Å². The smallest absolute Gasteiger partial charge is 0.340 e. The Hall–Kier alpha value is -1.02. The topological polar surface area (TPSA) is 49.6 Å². The summed E-state index contributed by atoms with van der Waals surface area (Å²) >= 11 is 0. The van der Waals surface area contributed by atoms with Gasteiger partial charge in [-0.25, -0.2) is 0 Å². The zero-order chi connectivity index (χ0) is 19.0. The molecule has 2 N–H and O–H groups in total. The quantitative estimate of drug-likeness (QED) is 0.615. The molecule has 1 heterocycles. The molecule has 0 atom stereocenters. The molecule has 1 aromatic rings. The first kappa shape index (κ1) is 27.0. The van der Waals surface area contributed by atoms with Crippen LogP contribution in [-0.2, 0) is 17.5 Å². The summed E-state index contributed by atoms with van der Waals surface area (Å²) in [5.74, 6) is 0.177. The van der Waals surface area contributed by atoms with Crippen LogP contribution in [0.1, 0.15) is 43.2 Å². The van der Waals surface area contributed by atoms with Crippen molar-refractivity contribution in [3.05, 3.63) is 35.4 Å². The highest BCUT2D eigenvalue weighted by Gasteiger charge is 2.30. The van der Waals surface area contributed by atoms with Gasteiger partial charge < -0.3 is 10.6 Å². The fourth-order valence-corrected chi connectivity index (χ4v) is 3.19. The Morgan fingerprint density at radius 3 is 2.25 bits per heavy atom. The molecule has 0 unspecified atom stereocenters. The third kappa shape index (κ3) is 8.99. The minimum atomic E-state index is -4.31. The highest BCUT2D eigenvalue weighted by Crippen LogP contribution is 2.29. The van der Waals surface area contributed by atoms with Crippen molar-refractivity contribution in [3.63, 3.8) is 0 Å². The van der Waals surface area contributed by atoms with E-state index in [4.69, 9.17) is 5.73 Å². The average Bonchev–Trinajstić information content (AvgIpc) is 2.61. The van der Waals surface area contributed by atoms with Gasteiger partial charge in [0.15, 0.2) is 0 Å². The van der Waals surface area contributed by atoms with E-state index >= 15 is 0 Å². The third-order valence-corrected chi connectivity index (χ3v) is 4.73. The number of nitrogens with two attached hydrogens (primary N) is 1. The van der Waals surface area contributed by atoms with Crippen LogP contribution in [0.3, 0.4) is 0 Å². The first-order valence-corrected chi connectivity index (χ1v) is 9.26. The zero-order valence-corrected chi connectivity index (χ0v) is 17.6. The molecule has 2 rings (SSSR count). The van der Waals surface area contributed by atoms with Crippen molar-refractivity contribution in [2.45, 2.75) is 44.8 Å². The van der Waals surface area contributed by atoms with Crippen LogP contribution < -0.4 is 5.73 Å². The number of hydrogen-bond acceptors (Lipinski definition) is 3. The summed E-state index contributed by atoms with van der Waals surface area (Å²) in [6, 6.07) is 5.46. The molecule has 0 saturated carbocycles. The van der Waals surface area contributed by atoms with Crippen molar-refractivity contribution < 1.29 is 18.0 Å². The molecule has 0 radical (unpaired) electrons. The summed E-state index contributed by atoms with van der Waals surface area (Å²) in [6.07, 6.45) is 0.238. The van der Waals surface area contributed by atoms with Gasteiger partial charge in [0.25, 0.3) is 0 Å². The second-order valence-electron chi connectivity index (χ2n) is 6.81. The zero-order valence-electron chi connectivity index (χ0n) is 15.9. The van der Waals surface area contributed by atoms with Crippen molar-refractivity contribution in [1.82, 2.24) is 9.80 Å². The molecule has 28 heavy (non-hydrogen) atoms. The molecule has 1 aromatic carbocycles. The molecule has 162 valence electrons. The number of amides is 1. The standard InChI is InChI=1S/C19H28F3N3O.2ClH/c20-19(21,22)17-7-5-6-16(14-17)15-24-10-12-25(13-11-24)18(26)8-3-1-2-4-9-23;;/h5-7,14H,1-4,8-13,15,23H2;2*1H. The number of rotatable bonds is 8. The molecule has 0 aromatic heterocycles. The number of alkyl halides is 3. The number of unbranched alkanes of at least 4 members (excludes halogenated alkanes) is 3. The lowest BCUT2D eigenvalue weighted by atomic mass is 10.1. The second-order valence-corrected chi connectivity index (χ2v) is 6.81. The molecular weight excluding hydrogens is 414 g/mol. The van der Waals surface area contributed by atoms with Gasteiger partial charge in [0, 0.05) is 39.1 Å². The summed E-state index contributed by atoms with van der Waals surface area (Å²) in [5, 5.41) is 0. The SMILES string of the molecule is Cl.Cl.NCCCCCCC(=O)N1CCN(Cc2cccc(C(F)(F)F)c2)CC1. The summed E-state index contributed by atoms with van der Waals surface area (Å²) < 4.78 is 38.4. The number of benzene rings is 1. The molecule has 4 nitrogen and oxygen atoms in total. The van der Waals surface area contributed by atoms with Gasteiger partial charge in [-0.15, -0.1) is 24.8 Å². The van der Waals surface area contributed by atoms with Gasteiger partial charge >= 0.3 is 6.18 Å². The van der Waals surface area contributed by atoms with E-state index in [0.717, 1.165) is 31.7 Å². The Bertz CT molecular complexity index is 580. The maximum atomic E-state index is 12.8.